The largest absolute Gasteiger partial charge is 0.481 e. The van der Waals surface area contributed by atoms with Gasteiger partial charge >= 0.3 is 5.97 Å². The molecular weight excluding hydrogens is 256 g/mol. The molecule has 0 saturated heterocycles. The minimum absolute atomic E-state index is 0.0534. The second kappa shape index (κ2) is 5.13. The number of hydrogen-bond acceptors (Lipinski definition) is 4. The van der Waals surface area contributed by atoms with Crippen LogP contribution in [0.25, 0.3) is 11.0 Å². The number of hydrogen-bond donors (Lipinski definition) is 1. The Balaban J connectivity index is 2.12. The van der Waals surface area contributed by atoms with Crippen molar-refractivity contribution in [3.8, 4) is 0 Å². The van der Waals surface area contributed by atoms with Gasteiger partial charge in [0.05, 0.1) is 18.4 Å². The predicted octanol–water partition coefficient (Wildman–Crippen LogP) is 2.83. The van der Waals surface area contributed by atoms with Crippen molar-refractivity contribution < 1.29 is 14.3 Å². The van der Waals surface area contributed by atoms with Gasteiger partial charge in [-0.2, -0.15) is 0 Å². The molecule has 0 fully saturated rings. The number of furan rings is 1. The van der Waals surface area contributed by atoms with Crippen LogP contribution in [0.5, 0.6) is 0 Å². The fraction of sp³-hybridized carbons (Fsp3) is 0.133. The lowest BCUT2D eigenvalue weighted by Gasteiger charge is -2.12. The summed E-state index contributed by atoms with van der Waals surface area (Å²) in [4.78, 5) is 19.4. The topological polar surface area (TPSA) is 76.2 Å². The molecular formula is C15H12N2O3. The molecule has 20 heavy (non-hydrogen) atoms. The third-order valence-electron chi connectivity index (χ3n) is 3.21. The molecule has 0 amide bonds. The quantitative estimate of drug-likeness (QED) is 0.787. The van der Waals surface area contributed by atoms with Gasteiger partial charge in [0.15, 0.2) is 0 Å². The third-order valence-corrected chi connectivity index (χ3v) is 3.21. The Kier molecular flexibility index (Phi) is 3.16. The van der Waals surface area contributed by atoms with Crippen LogP contribution in [-0.4, -0.2) is 21.0 Å². The van der Waals surface area contributed by atoms with Gasteiger partial charge in [0.2, 0.25) is 0 Å². The number of para-hydroxylation sites is 1. The summed E-state index contributed by atoms with van der Waals surface area (Å²) < 4.78 is 5.49. The summed E-state index contributed by atoms with van der Waals surface area (Å²) in [5.41, 5.74) is 2.19. The third kappa shape index (κ3) is 2.25. The van der Waals surface area contributed by atoms with E-state index in [9.17, 15) is 4.79 Å². The van der Waals surface area contributed by atoms with E-state index in [0.29, 0.717) is 5.69 Å². The zero-order valence-corrected chi connectivity index (χ0v) is 10.6. The maximum absolute atomic E-state index is 11.1. The van der Waals surface area contributed by atoms with Gasteiger partial charge in [-0.15, -0.1) is 0 Å². The van der Waals surface area contributed by atoms with E-state index < -0.39 is 5.97 Å². The molecule has 1 unspecified atom stereocenters. The number of carbonyl (C=O) groups is 1. The first-order valence-corrected chi connectivity index (χ1v) is 6.19. The summed E-state index contributed by atoms with van der Waals surface area (Å²) in [6.45, 7) is 0. The van der Waals surface area contributed by atoms with E-state index in [0.717, 1.165) is 16.5 Å². The molecule has 0 aliphatic heterocycles. The lowest BCUT2D eigenvalue weighted by Crippen LogP contribution is -2.09. The molecule has 1 aromatic carbocycles. The summed E-state index contributed by atoms with van der Waals surface area (Å²) in [5.74, 6) is -1.25. The molecule has 3 aromatic rings. The average molecular weight is 268 g/mol. The molecule has 2 aromatic heterocycles. The Morgan fingerprint density at radius 3 is 2.90 bits per heavy atom. The Morgan fingerprint density at radius 1 is 1.30 bits per heavy atom. The standard InChI is InChI=1S/C15H12N2O3/c18-15(19)7-11(13-8-16-5-6-17-13)12-9-20-14-4-2-1-3-10(12)14/h1-6,8-9,11H,7H2,(H,18,19). The summed E-state index contributed by atoms with van der Waals surface area (Å²) in [6, 6.07) is 7.55. The molecule has 0 spiro atoms. The Morgan fingerprint density at radius 2 is 2.15 bits per heavy atom. The smallest absolute Gasteiger partial charge is 0.304 e. The normalized spacial score (nSPS) is 12.4. The van der Waals surface area contributed by atoms with Gasteiger partial charge in [-0.25, -0.2) is 0 Å². The zero-order chi connectivity index (χ0) is 13.9. The maximum Gasteiger partial charge on any atom is 0.304 e. The van der Waals surface area contributed by atoms with Crippen LogP contribution in [0, 0.1) is 0 Å². The molecule has 0 bridgehead atoms. The van der Waals surface area contributed by atoms with Crippen molar-refractivity contribution >= 4 is 16.9 Å². The Bertz CT molecular complexity index is 737. The van der Waals surface area contributed by atoms with Crippen LogP contribution in [0.4, 0.5) is 0 Å². The highest BCUT2D eigenvalue weighted by Gasteiger charge is 2.23. The van der Waals surface area contributed by atoms with Crippen molar-refractivity contribution in [3.05, 3.63) is 60.4 Å². The van der Waals surface area contributed by atoms with Crippen LogP contribution in [0.15, 0.2) is 53.5 Å². The summed E-state index contributed by atoms with van der Waals surface area (Å²) in [7, 11) is 0. The van der Waals surface area contributed by atoms with Gasteiger partial charge in [0.1, 0.15) is 5.58 Å². The highest BCUT2D eigenvalue weighted by molar-refractivity contribution is 5.83. The SMILES string of the molecule is O=C(O)CC(c1cnccn1)c1coc2ccccc12. The van der Waals surface area contributed by atoms with Gasteiger partial charge in [-0.05, 0) is 6.07 Å². The van der Waals surface area contributed by atoms with E-state index >= 15 is 0 Å². The monoisotopic (exact) mass is 268 g/mol. The molecule has 0 saturated carbocycles. The van der Waals surface area contributed by atoms with Gasteiger partial charge < -0.3 is 9.52 Å². The molecule has 0 aliphatic carbocycles. The molecule has 1 N–H and O–H groups in total. The van der Waals surface area contributed by atoms with Gasteiger partial charge in [0.25, 0.3) is 0 Å². The maximum atomic E-state index is 11.1. The van der Waals surface area contributed by atoms with Gasteiger partial charge in [-0.3, -0.25) is 14.8 Å². The minimum Gasteiger partial charge on any atom is -0.481 e. The minimum atomic E-state index is -0.883. The Hall–Kier alpha value is -2.69. The van der Waals surface area contributed by atoms with E-state index in [-0.39, 0.29) is 12.3 Å². The molecule has 1 atom stereocenters. The van der Waals surface area contributed by atoms with E-state index in [1.54, 1.807) is 24.9 Å². The van der Waals surface area contributed by atoms with Gasteiger partial charge in [0, 0.05) is 35.5 Å². The number of aromatic nitrogens is 2. The van der Waals surface area contributed by atoms with Crippen LogP contribution < -0.4 is 0 Å². The first kappa shape index (κ1) is 12.3. The predicted molar refractivity (Wildman–Crippen MR) is 72.3 cm³/mol. The lowest BCUT2D eigenvalue weighted by molar-refractivity contribution is -0.137. The highest BCUT2D eigenvalue weighted by Crippen LogP contribution is 2.33. The lowest BCUT2D eigenvalue weighted by atomic mass is 9.92. The number of fused-ring (bicyclic) bond motifs is 1. The molecule has 0 radical (unpaired) electrons. The van der Waals surface area contributed by atoms with E-state index in [4.69, 9.17) is 9.52 Å². The molecule has 5 nitrogen and oxygen atoms in total. The van der Waals surface area contributed by atoms with Crippen molar-refractivity contribution in [2.75, 3.05) is 0 Å². The Labute approximate surface area is 114 Å². The van der Waals surface area contributed by atoms with Crippen molar-refractivity contribution in [3.63, 3.8) is 0 Å². The molecule has 5 heteroatoms. The van der Waals surface area contributed by atoms with Crippen LogP contribution in [0.3, 0.4) is 0 Å². The summed E-state index contributed by atoms with van der Waals surface area (Å²) in [6.07, 6.45) is 6.27. The number of nitrogens with zero attached hydrogens (tertiary/aromatic N) is 2. The molecule has 100 valence electrons. The van der Waals surface area contributed by atoms with Gasteiger partial charge in [-0.1, -0.05) is 18.2 Å². The summed E-state index contributed by atoms with van der Waals surface area (Å²) in [5, 5.41) is 10.0. The fourth-order valence-electron chi connectivity index (χ4n) is 2.31. The second-order valence-electron chi connectivity index (χ2n) is 4.47. The highest BCUT2D eigenvalue weighted by atomic mass is 16.4. The number of carboxylic acid groups (broad SMARTS) is 1. The zero-order valence-electron chi connectivity index (χ0n) is 10.6. The fourth-order valence-corrected chi connectivity index (χ4v) is 2.31. The van der Waals surface area contributed by atoms with Crippen molar-refractivity contribution in [2.24, 2.45) is 0 Å². The summed E-state index contributed by atoms with van der Waals surface area (Å²) >= 11 is 0. The second-order valence-corrected chi connectivity index (χ2v) is 4.47. The van der Waals surface area contributed by atoms with Crippen molar-refractivity contribution in [1.82, 2.24) is 9.97 Å². The van der Waals surface area contributed by atoms with E-state index in [1.165, 1.54) is 0 Å². The van der Waals surface area contributed by atoms with E-state index in [1.807, 2.05) is 24.3 Å². The van der Waals surface area contributed by atoms with Crippen LogP contribution in [-0.2, 0) is 4.79 Å². The van der Waals surface area contributed by atoms with E-state index in [2.05, 4.69) is 9.97 Å². The molecule has 3 rings (SSSR count). The molecule has 0 aliphatic rings. The average Bonchev–Trinajstić information content (AvgIpc) is 2.89. The number of benzene rings is 1. The van der Waals surface area contributed by atoms with Crippen molar-refractivity contribution in [1.29, 1.82) is 0 Å². The first-order valence-electron chi connectivity index (χ1n) is 6.19. The van der Waals surface area contributed by atoms with Crippen molar-refractivity contribution in [2.45, 2.75) is 12.3 Å². The van der Waals surface area contributed by atoms with Crippen LogP contribution in [0.2, 0.25) is 0 Å². The van der Waals surface area contributed by atoms with Crippen LogP contribution >= 0.6 is 0 Å². The van der Waals surface area contributed by atoms with Crippen LogP contribution in [0.1, 0.15) is 23.6 Å². The number of carboxylic acids is 1. The number of rotatable bonds is 4. The molecule has 2 heterocycles. The first-order chi connectivity index (χ1) is 9.75. The number of aliphatic carboxylic acids is 1.